The maximum absolute atomic E-state index is 4.19. The Morgan fingerprint density at radius 1 is 1.24 bits per heavy atom. The minimum absolute atomic E-state index is 0.376. The lowest BCUT2D eigenvalue weighted by Crippen LogP contribution is -2.32. The van der Waals surface area contributed by atoms with E-state index in [0.29, 0.717) is 6.04 Å². The molecule has 0 aromatic carbocycles. The lowest BCUT2D eigenvalue weighted by Gasteiger charge is -2.23. The van der Waals surface area contributed by atoms with Gasteiger partial charge in [-0.2, -0.15) is 0 Å². The van der Waals surface area contributed by atoms with Gasteiger partial charge in [0.25, 0.3) is 0 Å². The zero-order valence-electron chi connectivity index (χ0n) is 9.45. The fraction of sp³-hybridized carbons (Fsp3) is 0.455. The molecule has 2 aromatic heterocycles. The van der Waals surface area contributed by atoms with Gasteiger partial charge >= 0.3 is 0 Å². The molecule has 0 aliphatic carbocycles. The van der Waals surface area contributed by atoms with Crippen LogP contribution in [0.5, 0.6) is 0 Å². The molecule has 0 saturated carbocycles. The van der Waals surface area contributed by atoms with Gasteiger partial charge in [-0.05, 0) is 19.4 Å². The number of hydrogen-bond donors (Lipinski definition) is 1. The summed E-state index contributed by atoms with van der Waals surface area (Å²) in [5.74, 6) is 0. The summed E-state index contributed by atoms with van der Waals surface area (Å²) < 4.78 is 1.98. The van der Waals surface area contributed by atoms with Gasteiger partial charge in [0, 0.05) is 24.5 Å². The molecule has 1 fully saturated rings. The van der Waals surface area contributed by atoms with E-state index in [4.69, 9.17) is 0 Å². The maximum Gasteiger partial charge on any atom is 0.115 e. The Bertz CT molecular complexity index is 474. The topological polar surface area (TPSA) is 68.5 Å². The van der Waals surface area contributed by atoms with Crippen LogP contribution in [0.4, 0.5) is 0 Å². The van der Waals surface area contributed by atoms with Gasteiger partial charge in [0.1, 0.15) is 6.33 Å². The lowest BCUT2D eigenvalue weighted by molar-refractivity contribution is 0.344. The van der Waals surface area contributed by atoms with E-state index in [1.54, 1.807) is 18.6 Å². The molecule has 1 aliphatic heterocycles. The van der Waals surface area contributed by atoms with E-state index < -0.39 is 0 Å². The fourth-order valence-electron chi connectivity index (χ4n) is 2.19. The van der Waals surface area contributed by atoms with E-state index in [9.17, 15) is 0 Å². The second kappa shape index (κ2) is 4.58. The molecule has 1 saturated heterocycles. The smallest absolute Gasteiger partial charge is 0.115 e. The molecule has 3 rings (SSSR count). The third kappa shape index (κ3) is 2.03. The van der Waals surface area contributed by atoms with Gasteiger partial charge in [0.05, 0.1) is 17.9 Å². The Morgan fingerprint density at radius 2 is 2.12 bits per heavy atom. The fourth-order valence-corrected chi connectivity index (χ4v) is 2.19. The van der Waals surface area contributed by atoms with Crippen LogP contribution in [0, 0.1) is 0 Å². The average Bonchev–Trinajstić information content (AvgIpc) is 2.90. The van der Waals surface area contributed by atoms with Crippen molar-refractivity contribution in [1.82, 2.24) is 30.3 Å². The van der Waals surface area contributed by atoms with Gasteiger partial charge in [0.15, 0.2) is 0 Å². The first-order valence-electron chi connectivity index (χ1n) is 5.81. The Hall–Kier alpha value is -1.82. The van der Waals surface area contributed by atoms with Crippen molar-refractivity contribution in [1.29, 1.82) is 0 Å². The molecule has 3 heterocycles. The Kier molecular flexibility index (Phi) is 2.79. The molecule has 88 valence electrons. The van der Waals surface area contributed by atoms with Gasteiger partial charge in [-0.25, -0.2) is 14.6 Å². The first kappa shape index (κ1) is 10.3. The molecule has 1 atom stereocenters. The van der Waals surface area contributed by atoms with Crippen LogP contribution >= 0.6 is 0 Å². The molecule has 6 nitrogen and oxygen atoms in total. The normalized spacial score (nSPS) is 20.4. The van der Waals surface area contributed by atoms with Crippen molar-refractivity contribution in [3.63, 3.8) is 0 Å². The van der Waals surface area contributed by atoms with Crippen LogP contribution in [0.3, 0.4) is 0 Å². The molecule has 0 amide bonds. The summed E-state index contributed by atoms with van der Waals surface area (Å²) in [7, 11) is 0. The average molecular weight is 230 g/mol. The zero-order valence-corrected chi connectivity index (χ0v) is 9.45. The first-order chi connectivity index (χ1) is 8.45. The minimum atomic E-state index is 0.376. The first-order valence-corrected chi connectivity index (χ1v) is 5.81. The van der Waals surface area contributed by atoms with Crippen LogP contribution in [0.1, 0.15) is 18.9 Å². The molecule has 1 aliphatic rings. The predicted octanol–water partition coefficient (Wildman–Crippen LogP) is 0.660. The predicted molar refractivity (Wildman–Crippen MR) is 62.2 cm³/mol. The van der Waals surface area contributed by atoms with Gasteiger partial charge in [0.2, 0.25) is 0 Å². The molecule has 1 N–H and O–H groups in total. The standard InChI is InChI=1S/C11H14N6/c1-2-10(6-12-3-1)17-11(7-15-16-17)9-4-13-8-14-5-9/h4-5,7-8,10,12H,1-3,6H2. The van der Waals surface area contributed by atoms with E-state index in [-0.39, 0.29) is 0 Å². The number of rotatable bonds is 2. The summed E-state index contributed by atoms with van der Waals surface area (Å²) in [6, 6.07) is 0.376. The second-order valence-corrected chi connectivity index (χ2v) is 4.19. The summed E-state index contributed by atoms with van der Waals surface area (Å²) >= 11 is 0. The number of hydrogen-bond acceptors (Lipinski definition) is 5. The van der Waals surface area contributed by atoms with Crippen molar-refractivity contribution in [2.75, 3.05) is 13.1 Å². The summed E-state index contributed by atoms with van der Waals surface area (Å²) in [6.07, 6.45) is 9.19. The van der Waals surface area contributed by atoms with Gasteiger partial charge in [-0.3, -0.25) is 0 Å². The minimum Gasteiger partial charge on any atom is -0.315 e. The van der Waals surface area contributed by atoms with Gasteiger partial charge in [-0.15, -0.1) is 5.10 Å². The Morgan fingerprint density at radius 3 is 2.88 bits per heavy atom. The monoisotopic (exact) mass is 230 g/mol. The molecule has 0 radical (unpaired) electrons. The van der Waals surface area contributed by atoms with Crippen LogP contribution in [-0.2, 0) is 0 Å². The summed E-state index contributed by atoms with van der Waals surface area (Å²) in [5, 5.41) is 11.6. The van der Waals surface area contributed by atoms with E-state index in [1.165, 1.54) is 12.7 Å². The number of piperidine rings is 1. The third-order valence-corrected chi connectivity index (χ3v) is 3.05. The summed E-state index contributed by atoms with van der Waals surface area (Å²) in [4.78, 5) is 8.06. The van der Waals surface area contributed by atoms with Crippen LogP contribution in [-0.4, -0.2) is 38.1 Å². The highest BCUT2D eigenvalue weighted by Crippen LogP contribution is 2.23. The van der Waals surface area contributed by atoms with Gasteiger partial charge < -0.3 is 5.32 Å². The van der Waals surface area contributed by atoms with Gasteiger partial charge in [-0.1, -0.05) is 5.21 Å². The van der Waals surface area contributed by atoms with E-state index in [2.05, 4.69) is 25.6 Å². The zero-order chi connectivity index (χ0) is 11.5. The maximum atomic E-state index is 4.19. The van der Waals surface area contributed by atoms with Crippen molar-refractivity contribution in [2.24, 2.45) is 0 Å². The third-order valence-electron chi connectivity index (χ3n) is 3.05. The van der Waals surface area contributed by atoms with E-state index in [1.807, 2.05) is 4.68 Å². The highest BCUT2D eigenvalue weighted by atomic mass is 15.4. The van der Waals surface area contributed by atoms with E-state index in [0.717, 1.165) is 30.8 Å². The molecule has 2 aromatic rings. The summed E-state index contributed by atoms with van der Waals surface area (Å²) in [5.41, 5.74) is 1.95. The van der Waals surface area contributed by atoms with Crippen LogP contribution in [0.25, 0.3) is 11.3 Å². The molecule has 0 spiro atoms. The Labute approximate surface area is 99.1 Å². The summed E-state index contributed by atoms with van der Waals surface area (Å²) in [6.45, 7) is 2.04. The SMILES string of the molecule is c1ncc(-c2cnnn2C2CCCNC2)cn1. The van der Waals surface area contributed by atoms with Crippen molar-refractivity contribution < 1.29 is 0 Å². The highest BCUT2D eigenvalue weighted by molar-refractivity contribution is 5.55. The molecular formula is C11H14N6. The van der Waals surface area contributed by atoms with Crippen molar-refractivity contribution in [3.05, 3.63) is 24.9 Å². The lowest BCUT2D eigenvalue weighted by atomic mass is 10.1. The van der Waals surface area contributed by atoms with Crippen molar-refractivity contribution >= 4 is 0 Å². The molecular weight excluding hydrogens is 216 g/mol. The van der Waals surface area contributed by atoms with Crippen molar-refractivity contribution in [3.8, 4) is 11.3 Å². The van der Waals surface area contributed by atoms with Crippen molar-refractivity contribution in [2.45, 2.75) is 18.9 Å². The highest BCUT2D eigenvalue weighted by Gasteiger charge is 2.19. The Balaban J connectivity index is 1.93. The molecule has 6 heteroatoms. The second-order valence-electron chi connectivity index (χ2n) is 4.19. The molecule has 17 heavy (non-hydrogen) atoms. The van der Waals surface area contributed by atoms with Crippen LogP contribution in [0.15, 0.2) is 24.9 Å². The van der Waals surface area contributed by atoms with E-state index >= 15 is 0 Å². The quantitative estimate of drug-likeness (QED) is 0.820. The number of aromatic nitrogens is 5. The molecule has 1 unspecified atom stereocenters. The van der Waals surface area contributed by atoms with Crippen LogP contribution in [0.2, 0.25) is 0 Å². The largest absolute Gasteiger partial charge is 0.315 e. The van der Waals surface area contributed by atoms with Crippen LogP contribution < -0.4 is 5.32 Å². The number of nitrogens with one attached hydrogen (secondary N) is 1. The molecule has 0 bridgehead atoms. The number of nitrogens with zero attached hydrogens (tertiary/aromatic N) is 5.